The molecule has 2 fully saturated rings. The Morgan fingerprint density at radius 2 is 1.89 bits per heavy atom. The first-order valence-corrected chi connectivity index (χ1v) is 11.8. The summed E-state index contributed by atoms with van der Waals surface area (Å²) in [6.45, 7) is 1.58. The molecule has 1 amide bonds. The lowest BCUT2D eigenvalue weighted by Gasteiger charge is -2.45. The summed E-state index contributed by atoms with van der Waals surface area (Å²) in [6, 6.07) is 9.27. The van der Waals surface area contributed by atoms with E-state index in [1.165, 1.54) is 11.3 Å². The van der Waals surface area contributed by atoms with Crippen molar-refractivity contribution < 1.29 is 13.2 Å². The first kappa shape index (κ1) is 18.6. The summed E-state index contributed by atoms with van der Waals surface area (Å²) in [5.74, 6) is -0.0692. The Kier molecular flexibility index (Phi) is 5.05. The quantitative estimate of drug-likeness (QED) is 0.784. The van der Waals surface area contributed by atoms with Crippen molar-refractivity contribution in [3.05, 3.63) is 52.5 Å². The second-order valence-electron chi connectivity index (χ2n) is 7.34. The maximum Gasteiger partial charge on any atom is 0.273 e. The fourth-order valence-corrected chi connectivity index (χ4v) is 6.49. The largest absolute Gasteiger partial charge is 0.330 e. The van der Waals surface area contributed by atoms with Gasteiger partial charge in [0.05, 0.1) is 16.8 Å². The van der Waals surface area contributed by atoms with Gasteiger partial charge < -0.3 is 4.90 Å². The third-order valence-corrected chi connectivity index (χ3v) is 7.98. The SMILES string of the molecule is O=C(c1cscn1)N1CCC[C@]12CCCN(S(=O)(=O)Cc1ccccc1)C2. The number of sulfonamides is 1. The molecule has 27 heavy (non-hydrogen) atoms. The van der Waals surface area contributed by atoms with Crippen LogP contribution in [0.25, 0.3) is 0 Å². The summed E-state index contributed by atoms with van der Waals surface area (Å²) >= 11 is 1.40. The Labute approximate surface area is 163 Å². The summed E-state index contributed by atoms with van der Waals surface area (Å²) in [5, 5.41) is 1.76. The molecule has 3 heterocycles. The standard InChI is InChI=1S/C19H23N3O3S2/c23-18(17-12-26-15-20-17)22-11-5-9-19(22)8-4-10-21(14-19)27(24,25)13-16-6-2-1-3-7-16/h1-3,6-7,12,15H,4-5,8-11,13-14H2/t19-/m0/s1. The van der Waals surface area contributed by atoms with Crippen LogP contribution in [0, 0.1) is 0 Å². The van der Waals surface area contributed by atoms with Gasteiger partial charge in [-0.15, -0.1) is 11.3 Å². The van der Waals surface area contributed by atoms with Gasteiger partial charge in [-0.2, -0.15) is 4.31 Å². The molecule has 1 aromatic carbocycles. The lowest BCUT2D eigenvalue weighted by atomic mass is 9.87. The van der Waals surface area contributed by atoms with Gasteiger partial charge in [0.2, 0.25) is 10.0 Å². The molecule has 0 saturated carbocycles. The van der Waals surface area contributed by atoms with E-state index in [4.69, 9.17) is 0 Å². The van der Waals surface area contributed by atoms with Gasteiger partial charge >= 0.3 is 0 Å². The molecule has 2 aromatic rings. The van der Waals surface area contributed by atoms with Gasteiger partial charge in [0.1, 0.15) is 5.69 Å². The zero-order chi connectivity index (χ0) is 18.9. The van der Waals surface area contributed by atoms with Crippen LogP contribution in [-0.2, 0) is 15.8 Å². The number of likely N-dealkylation sites (tertiary alicyclic amines) is 1. The van der Waals surface area contributed by atoms with E-state index in [9.17, 15) is 13.2 Å². The van der Waals surface area contributed by atoms with Crippen molar-refractivity contribution in [2.45, 2.75) is 37.0 Å². The molecule has 0 aliphatic carbocycles. The number of aromatic nitrogens is 1. The lowest BCUT2D eigenvalue weighted by Crippen LogP contribution is -2.58. The number of hydrogen-bond acceptors (Lipinski definition) is 5. The van der Waals surface area contributed by atoms with Crippen molar-refractivity contribution >= 4 is 27.3 Å². The minimum absolute atomic E-state index is 0.00392. The molecule has 144 valence electrons. The molecule has 0 radical (unpaired) electrons. The normalized spacial score (nSPS) is 23.8. The highest BCUT2D eigenvalue weighted by atomic mass is 32.2. The highest BCUT2D eigenvalue weighted by molar-refractivity contribution is 7.88. The molecular weight excluding hydrogens is 382 g/mol. The first-order chi connectivity index (χ1) is 13.0. The Morgan fingerprint density at radius 1 is 1.15 bits per heavy atom. The molecule has 6 nitrogen and oxygen atoms in total. The van der Waals surface area contributed by atoms with Gasteiger partial charge in [0.15, 0.2) is 0 Å². The van der Waals surface area contributed by atoms with E-state index >= 15 is 0 Å². The topological polar surface area (TPSA) is 70.6 Å². The second-order valence-corrected chi connectivity index (χ2v) is 10.0. The molecule has 1 aromatic heterocycles. The predicted octanol–water partition coefficient (Wildman–Crippen LogP) is 2.74. The van der Waals surface area contributed by atoms with Crippen LogP contribution in [0.5, 0.6) is 0 Å². The van der Waals surface area contributed by atoms with E-state index < -0.39 is 15.6 Å². The van der Waals surface area contributed by atoms with Gasteiger partial charge in [-0.1, -0.05) is 30.3 Å². The fraction of sp³-hybridized carbons (Fsp3) is 0.474. The second kappa shape index (κ2) is 7.33. The highest BCUT2D eigenvalue weighted by Gasteiger charge is 2.48. The number of nitrogens with zero attached hydrogens (tertiary/aromatic N) is 3. The molecule has 2 saturated heterocycles. The summed E-state index contributed by atoms with van der Waals surface area (Å²) < 4.78 is 27.6. The van der Waals surface area contributed by atoms with Gasteiger partial charge in [-0.05, 0) is 31.2 Å². The molecule has 0 N–H and O–H groups in total. The van der Waals surface area contributed by atoms with Gasteiger partial charge in [0, 0.05) is 25.0 Å². The van der Waals surface area contributed by atoms with Gasteiger partial charge in [-0.3, -0.25) is 4.79 Å². The average molecular weight is 406 g/mol. The number of rotatable bonds is 4. The summed E-state index contributed by atoms with van der Waals surface area (Å²) in [7, 11) is -3.42. The third kappa shape index (κ3) is 3.66. The summed E-state index contributed by atoms with van der Waals surface area (Å²) in [4.78, 5) is 19.0. The maximum absolute atomic E-state index is 13.0. The van der Waals surface area contributed by atoms with Crippen LogP contribution in [0.4, 0.5) is 0 Å². The Hall–Kier alpha value is -1.77. The molecule has 1 atom stereocenters. The van der Waals surface area contributed by atoms with Gasteiger partial charge in [-0.25, -0.2) is 13.4 Å². The zero-order valence-electron chi connectivity index (χ0n) is 15.1. The van der Waals surface area contributed by atoms with Crippen LogP contribution in [0.3, 0.4) is 0 Å². The first-order valence-electron chi connectivity index (χ1n) is 9.22. The van der Waals surface area contributed by atoms with Crippen LogP contribution in [0.2, 0.25) is 0 Å². The van der Waals surface area contributed by atoms with Crippen LogP contribution in [0.15, 0.2) is 41.2 Å². The van der Waals surface area contributed by atoms with Crippen molar-refractivity contribution in [1.82, 2.24) is 14.2 Å². The van der Waals surface area contributed by atoms with Crippen molar-refractivity contribution in [2.24, 2.45) is 0 Å². The number of benzene rings is 1. The van der Waals surface area contributed by atoms with Crippen LogP contribution in [0.1, 0.15) is 41.7 Å². The van der Waals surface area contributed by atoms with Crippen molar-refractivity contribution in [3.63, 3.8) is 0 Å². The van der Waals surface area contributed by atoms with Crippen LogP contribution < -0.4 is 0 Å². The number of thiazole rings is 1. The van der Waals surface area contributed by atoms with E-state index in [-0.39, 0.29) is 11.7 Å². The molecule has 0 unspecified atom stereocenters. The fourth-order valence-electron chi connectivity index (χ4n) is 4.32. The molecule has 8 heteroatoms. The van der Waals surface area contributed by atoms with Crippen molar-refractivity contribution in [1.29, 1.82) is 0 Å². The highest BCUT2D eigenvalue weighted by Crippen LogP contribution is 2.39. The van der Waals surface area contributed by atoms with E-state index in [0.29, 0.717) is 25.3 Å². The van der Waals surface area contributed by atoms with Crippen LogP contribution in [-0.4, -0.2) is 53.7 Å². The molecule has 4 rings (SSSR count). The van der Waals surface area contributed by atoms with Crippen LogP contribution >= 0.6 is 11.3 Å². The summed E-state index contributed by atoms with van der Waals surface area (Å²) in [6.07, 6.45) is 3.37. The zero-order valence-corrected chi connectivity index (χ0v) is 16.7. The lowest BCUT2D eigenvalue weighted by molar-refractivity contribution is 0.0442. The predicted molar refractivity (Wildman–Crippen MR) is 105 cm³/mol. The average Bonchev–Trinajstić information content (AvgIpc) is 3.32. The van der Waals surface area contributed by atoms with E-state index in [1.807, 2.05) is 35.2 Å². The van der Waals surface area contributed by atoms with E-state index in [2.05, 4.69) is 4.98 Å². The number of amides is 1. The Bertz CT molecular complexity index is 900. The Balaban J connectivity index is 1.55. The monoisotopic (exact) mass is 405 g/mol. The number of hydrogen-bond donors (Lipinski definition) is 0. The summed E-state index contributed by atoms with van der Waals surface area (Å²) in [5.41, 5.74) is 2.51. The molecule has 0 bridgehead atoms. The Morgan fingerprint density at radius 3 is 2.59 bits per heavy atom. The third-order valence-electron chi connectivity index (χ3n) is 5.60. The molecule has 2 aliphatic heterocycles. The number of piperidine rings is 1. The van der Waals surface area contributed by atoms with Crippen molar-refractivity contribution in [2.75, 3.05) is 19.6 Å². The van der Waals surface area contributed by atoms with E-state index in [1.54, 1.807) is 15.2 Å². The smallest absolute Gasteiger partial charge is 0.273 e. The minimum atomic E-state index is -3.42. The molecule has 2 aliphatic rings. The van der Waals surface area contributed by atoms with Gasteiger partial charge in [0.25, 0.3) is 5.91 Å². The molecular formula is C19H23N3O3S2. The molecule has 1 spiro atoms. The minimum Gasteiger partial charge on any atom is -0.330 e. The van der Waals surface area contributed by atoms with E-state index in [0.717, 1.165) is 31.2 Å². The maximum atomic E-state index is 13.0. The number of carbonyl (C=O) groups is 1. The number of carbonyl (C=O) groups excluding carboxylic acids is 1. The van der Waals surface area contributed by atoms with Crippen molar-refractivity contribution in [3.8, 4) is 0 Å².